The Kier molecular flexibility index (Phi) is 3.35. The van der Waals surface area contributed by atoms with Crippen molar-refractivity contribution in [3.63, 3.8) is 0 Å². The van der Waals surface area contributed by atoms with Crippen LogP contribution in [0, 0.1) is 0 Å². The van der Waals surface area contributed by atoms with Gasteiger partial charge >= 0.3 is 0 Å². The molecule has 0 bridgehead atoms. The Bertz CT molecular complexity index is 461. The highest BCUT2D eigenvalue weighted by Crippen LogP contribution is 2.67. The third-order valence-electron chi connectivity index (χ3n) is 5.27. The van der Waals surface area contributed by atoms with E-state index in [1.807, 2.05) is 6.07 Å². The van der Waals surface area contributed by atoms with E-state index in [4.69, 9.17) is 0 Å². The van der Waals surface area contributed by atoms with Crippen LogP contribution < -0.4 is 4.89 Å². The van der Waals surface area contributed by atoms with Crippen LogP contribution in [0.4, 0.5) is 0 Å². The molecular weight excluding hydrogens is 267 g/mol. The molecule has 4 heteroatoms. The monoisotopic (exact) mass is 290 g/mol. The predicted octanol–water partition coefficient (Wildman–Crippen LogP) is 2.64. The number of benzene rings is 1. The summed E-state index contributed by atoms with van der Waals surface area (Å²) in [7, 11) is -2.38. The molecule has 108 valence electrons. The van der Waals surface area contributed by atoms with E-state index in [1.54, 1.807) is 0 Å². The maximum Gasteiger partial charge on any atom is 0.111 e. The first-order valence-electron chi connectivity index (χ1n) is 7.94. The highest BCUT2D eigenvalue weighted by atomic mass is 31.2. The molecule has 0 saturated carbocycles. The second-order valence-corrected chi connectivity index (χ2v) is 9.14. The summed E-state index contributed by atoms with van der Waals surface area (Å²) in [5.74, 6) is 0. The van der Waals surface area contributed by atoms with Crippen molar-refractivity contribution < 1.29 is 4.89 Å². The van der Waals surface area contributed by atoms with Gasteiger partial charge in [-0.05, 0) is 37.7 Å². The Morgan fingerprint density at radius 3 is 2.20 bits per heavy atom. The van der Waals surface area contributed by atoms with E-state index >= 15 is 0 Å². The van der Waals surface area contributed by atoms with Gasteiger partial charge in [-0.2, -0.15) is 9.34 Å². The van der Waals surface area contributed by atoms with Crippen LogP contribution in [-0.2, 0) is 6.16 Å². The minimum absolute atomic E-state index is 0.587. The van der Waals surface area contributed by atoms with Crippen molar-refractivity contribution in [3.8, 4) is 0 Å². The maximum absolute atomic E-state index is 13.9. The zero-order chi connectivity index (χ0) is 13.6. The van der Waals surface area contributed by atoms with E-state index in [0.717, 1.165) is 19.3 Å². The summed E-state index contributed by atoms with van der Waals surface area (Å²) in [6.45, 7) is 2.08. The van der Waals surface area contributed by atoms with Gasteiger partial charge < -0.3 is 4.89 Å². The average molecular weight is 290 g/mol. The van der Waals surface area contributed by atoms with E-state index in [1.165, 1.54) is 37.7 Å². The highest BCUT2D eigenvalue weighted by molar-refractivity contribution is 7.63. The molecule has 1 aromatic carbocycles. The number of nitrogens with zero attached hydrogens (tertiary/aromatic N) is 2. The van der Waals surface area contributed by atoms with Gasteiger partial charge in [-0.1, -0.05) is 30.3 Å². The lowest BCUT2D eigenvalue weighted by molar-refractivity contribution is -0.201. The third-order valence-corrected chi connectivity index (χ3v) is 8.71. The molecule has 0 N–H and O–H groups in total. The number of rotatable bonds is 2. The van der Waals surface area contributed by atoms with Crippen molar-refractivity contribution in [1.29, 1.82) is 0 Å². The van der Waals surface area contributed by atoms with E-state index < -0.39 is 7.79 Å². The molecule has 0 spiro atoms. The van der Waals surface area contributed by atoms with Crippen molar-refractivity contribution in [1.82, 2.24) is 9.34 Å². The van der Waals surface area contributed by atoms with Crippen LogP contribution in [0.15, 0.2) is 30.3 Å². The fourth-order valence-electron chi connectivity index (χ4n) is 4.41. The minimum Gasteiger partial charge on any atom is -0.650 e. The quantitative estimate of drug-likeness (QED) is 0.784. The first kappa shape index (κ1) is 13.2. The average Bonchev–Trinajstić information content (AvgIpc) is 3.09. The van der Waals surface area contributed by atoms with Crippen LogP contribution in [0.1, 0.15) is 37.7 Å². The van der Waals surface area contributed by atoms with Crippen molar-refractivity contribution in [2.45, 2.75) is 50.3 Å². The summed E-state index contributed by atoms with van der Waals surface area (Å²) in [4.78, 5) is 13.9. The van der Waals surface area contributed by atoms with Crippen molar-refractivity contribution in [2.75, 3.05) is 13.1 Å². The minimum atomic E-state index is -2.38. The SMILES string of the molecule is [O-][P+]1(Cc2ccccc2)N2CCCC2CC2CCCN21. The predicted molar refractivity (Wildman–Crippen MR) is 81.1 cm³/mol. The van der Waals surface area contributed by atoms with E-state index in [-0.39, 0.29) is 0 Å². The summed E-state index contributed by atoms with van der Waals surface area (Å²) in [6.07, 6.45) is 6.94. The Labute approximate surface area is 122 Å². The van der Waals surface area contributed by atoms with Crippen LogP contribution in [0.2, 0.25) is 0 Å². The van der Waals surface area contributed by atoms with Crippen LogP contribution >= 0.6 is 7.79 Å². The normalized spacial score (nSPS) is 37.9. The smallest absolute Gasteiger partial charge is 0.111 e. The maximum atomic E-state index is 13.9. The van der Waals surface area contributed by atoms with Gasteiger partial charge in [0.25, 0.3) is 0 Å². The first-order chi connectivity index (χ1) is 9.77. The summed E-state index contributed by atoms with van der Waals surface area (Å²) in [5, 5.41) is 0. The van der Waals surface area contributed by atoms with Crippen LogP contribution in [0.5, 0.6) is 0 Å². The molecule has 0 aromatic heterocycles. The molecule has 0 radical (unpaired) electrons. The van der Waals surface area contributed by atoms with Crippen molar-refractivity contribution in [2.24, 2.45) is 0 Å². The van der Waals surface area contributed by atoms with Crippen LogP contribution in [0.25, 0.3) is 0 Å². The second kappa shape index (κ2) is 5.06. The van der Waals surface area contributed by atoms with Crippen LogP contribution in [-0.4, -0.2) is 34.5 Å². The Hall–Kier alpha value is -0.470. The molecule has 3 nitrogen and oxygen atoms in total. The fourth-order valence-corrected chi connectivity index (χ4v) is 8.10. The molecule has 0 amide bonds. The summed E-state index contributed by atoms with van der Waals surface area (Å²) >= 11 is 0. The van der Waals surface area contributed by atoms with E-state index in [0.29, 0.717) is 12.1 Å². The summed E-state index contributed by atoms with van der Waals surface area (Å²) in [6, 6.07) is 11.6. The van der Waals surface area contributed by atoms with Gasteiger partial charge in [0.2, 0.25) is 0 Å². The number of fused-ring (bicyclic) bond motifs is 2. The molecular formula is C16H23N2OP. The molecule has 3 aliphatic rings. The Balaban J connectivity index is 1.67. The molecule has 2 atom stereocenters. The second-order valence-electron chi connectivity index (χ2n) is 6.46. The van der Waals surface area contributed by atoms with E-state index in [9.17, 15) is 4.89 Å². The first-order valence-corrected chi connectivity index (χ1v) is 9.74. The van der Waals surface area contributed by atoms with Gasteiger partial charge in [0, 0.05) is 25.2 Å². The summed E-state index contributed by atoms with van der Waals surface area (Å²) in [5.41, 5.74) is 1.23. The summed E-state index contributed by atoms with van der Waals surface area (Å²) < 4.78 is 4.78. The molecule has 1 aromatic rings. The zero-order valence-electron chi connectivity index (χ0n) is 11.9. The van der Waals surface area contributed by atoms with Crippen molar-refractivity contribution in [3.05, 3.63) is 35.9 Å². The Morgan fingerprint density at radius 1 is 1.00 bits per heavy atom. The number of hydrogen-bond acceptors (Lipinski definition) is 3. The van der Waals surface area contributed by atoms with E-state index in [2.05, 4.69) is 33.6 Å². The molecule has 0 aliphatic carbocycles. The van der Waals surface area contributed by atoms with Gasteiger partial charge in [0.1, 0.15) is 14.0 Å². The van der Waals surface area contributed by atoms with Crippen molar-refractivity contribution >= 4 is 7.79 Å². The zero-order valence-corrected chi connectivity index (χ0v) is 12.8. The molecule has 3 fully saturated rings. The Morgan fingerprint density at radius 2 is 1.60 bits per heavy atom. The van der Waals surface area contributed by atoms with Gasteiger partial charge in [-0.25, -0.2) is 0 Å². The topological polar surface area (TPSA) is 29.5 Å². The van der Waals surface area contributed by atoms with Crippen LogP contribution in [0.3, 0.4) is 0 Å². The third kappa shape index (κ3) is 2.03. The van der Waals surface area contributed by atoms with Gasteiger partial charge in [-0.15, -0.1) is 0 Å². The largest absolute Gasteiger partial charge is 0.650 e. The molecule has 20 heavy (non-hydrogen) atoms. The molecule has 3 aliphatic heterocycles. The van der Waals surface area contributed by atoms with Gasteiger partial charge in [0.15, 0.2) is 0 Å². The lowest BCUT2D eigenvalue weighted by Crippen LogP contribution is -2.52. The molecule has 3 saturated heterocycles. The van der Waals surface area contributed by atoms with Gasteiger partial charge in [0.05, 0.1) is 0 Å². The van der Waals surface area contributed by atoms with Gasteiger partial charge in [-0.3, -0.25) is 0 Å². The molecule has 3 heterocycles. The molecule has 4 rings (SSSR count). The lowest BCUT2D eigenvalue weighted by Gasteiger charge is -2.52. The number of hydrogen-bond donors (Lipinski definition) is 0. The standard InChI is InChI=1S/C16H23N2OP/c19-20(13-14-6-2-1-3-7-14)17-10-4-8-15(17)12-16-9-5-11-18(16)20/h1-3,6-7,15-16H,4-5,8-13H2. The lowest BCUT2D eigenvalue weighted by atomic mass is 10.0. The molecule has 2 unspecified atom stereocenters. The fraction of sp³-hybridized carbons (Fsp3) is 0.625. The highest BCUT2D eigenvalue weighted by Gasteiger charge is 2.55.